The molecule has 23 heavy (non-hydrogen) atoms. The minimum absolute atomic E-state index is 0.174. The molecule has 0 saturated carbocycles. The molecular formula is C19H27ClN2O. The largest absolute Gasteiger partial charge is 0.351 e. The summed E-state index contributed by atoms with van der Waals surface area (Å²) in [6, 6.07) is 9.14. The molecule has 2 unspecified atom stereocenters. The molecule has 2 saturated heterocycles. The van der Waals surface area contributed by atoms with Gasteiger partial charge in [-0.15, -0.1) is 0 Å². The average Bonchev–Trinajstić information content (AvgIpc) is 2.79. The SMILES string of the molecule is CC(C)(Cc1ccccc1Cl)NC(=O)CC1CC2CCC(C1)N2. The maximum absolute atomic E-state index is 12.5. The van der Waals surface area contributed by atoms with Crippen LogP contribution in [0.4, 0.5) is 0 Å². The topological polar surface area (TPSA) is 41.1 Å². The predicted molar refractivity (Wildman–Crippen MR) is 94.7 cm³/mol. The number of amides is 1. The van der Waals surface area contributed by atoms with E-state index < -0.39 is 0 Å². The van der Waals surface area contributed by atoms with Crippen LogP contribution in [0.25, 0.3) is 0 Å². The lowest BCUT2D eigenvalue weighted by molar-refractivity contribution is -0.123. The van der Waals surface area contributed by atoms with Gasteiger partial charge in [0.15, 0.2) is 0 Å². The molecule has 1 amide bonds. The van der Waals surface area contributed by atoms with Gasteiger partial charge in [-0.2, -0.15) is 0 Å². The van der Waals surface area contributed by atoms with Gasteiger partial charge < -0.3 is 10.6 Å². The Bertz CT molecular complexity index is 560. The van der Waals surface area contributed by atoms with Crippen molar-refractivity contribution < 1.29 is 4.79 Å². The Morgan fingerprint density at radius 1 is 1.26 bits per heavy atom. The second kappa shape index (κ2) is 6.82. The zero-order valence-corrected chi connectivity index (χ0v) is 14.8. The first-order chi connectivity index (χ1) is 10.9. The van der Waals surface area contributed by atoms with Gasteiger partial charge in [-0.1, -0.05) is 29.8 Å². The van der Waals surface area contributed by atoms with E-state index >= 15 is 0 Å². The quantitative estimate of drug-likeness (QED) is 0.862. The molecule has 2 bridgehead atoms. The summed E-state index contributed by atoms with van der Waals surface area (Å²) in [4.78, 5) is 12.5. The maximum Gasteiger partial charge on any atom is 0.220 e. The van der Waals surface area contributed by atoms with Crippen LogP contribution >= 0.6 is 11.6 Å². The van der Waals surface area contributed by atoms with E-state index in [9.17, 15) is 4.79 Å². The van der Waals surface area contributed by atoms with Gasteiger partial charge >= 0.3 is 0 Å². The predicted octanol–water partition coefficient (Wildman–Crippen LogP) is 3.70. The lowest BCUT2D eigenvalue weighted by atomic mass is 9.88. The number of fused-ring (bicyclic) bond motifs is 2. The van der Waals surface area contributed by atoms with Crippen LogP contribution in [0, 0.1) is 5.92 Å². The summed E-state index contributed by atoms with van der Waals surface area (Å²) in [6.07, 6.45) is 6.25. The van der Waals surface area contributed by atoms with E-state index in [-0.39, 0.29) is 11.4 Å². The molecule has 2 fully saturated rings. The van der Waals surface area contributed by atoms with E-state index in [0.717, 1.165) is 29.8 Å². The second-order valence-corrected chi connectivity index (χ2v) is 8.29. The molecule has 1 aromatic carbocycles. The minimum Gasteiger partial charge on any atom is -0.351 e. The van der Waals surface area contributed by atoms with Crippen LogP contribution in [-0.2, 0) is 11.2 Å². The summed E-state index contributed by atoms with van der Waals surface area (Å²) < 4.78 is 0. The van der Waals surface area contributed by atoms with E-state index in [4.69, 9.17) is 11.6 Å². The van der Waals surface area contributed by atoms with Crippen molar-refractivity contribution in [2.75, 3.05) is 0 Å². The van der Waals surface area contributed by atoms with Crippen molar-refractivity contribution in [2.24, 2.45) is 5.92 Å². The molecule has 3 rings (SSSR count). The van der Waals surface area contributed by atoms with E-state index in [1.807, 2.05) is 24.3 Å². The number of benzene rings is 1. The van der Waals surface area contributed by atoms with Gasteiger partial charge in [-0.05, 0) is 63.5 Å². The van der Waals surface area contributed by atoms with Gasteiger partial charge in [0.05, 0.1) is 0 Å². The number of nitrogens with one attached hydrogen (secondary N) is 2. The Morgan fingerprint density at radius 2 is 1.91 bits per heavy atom. The van der Waals surface area contributed by atoms with Crippen molar-refractivity contribution in [3.8, 4) is 0 Å². The second-order valence-electron chi connectivity index (χ2n) is 7.88. The van der Waals surface area contributed by atoms with E-state index in [0.29, 0.717) is 24.4 Å². The highest BCUT2D eigenvalue weighted by atomic mass is 35.5. The molecule has 0 radical (unpaired) electrons. The summed E-state index contributed by atoms with van der Waals surface area (Å²) in [5.74, 6) is 0.707. The van der Waals surface area contributed by atoms with Crippen molar-refractivity contribution >= 4 is 17.5 Å². The van der Waals surface area contributed by atoms with Crippen LogP contribution in [0.1, 0.15) is 51.5 Å². The minimum atomic E-state index is -0.284. The Kier molecular flexibility index (Phi) is 4.98. The number of hydrogen-bond donors (Lipinski definition) is 2. The fourth-order valence-corrected chi connectivity index (χ4v) is 4.40. The average molecular weight is 335 g/mol. The lowest BCUT2D eigenvalue weighted by Gasteiger charge is -2.31. The summed E-state index contributed by atoms with van der Waals surface area (Å²) >= 11 is 6.24. The molecule has 2 aliphatic heterocycles. The molecule has 0 aliphatic carbocycles. The zero-order valence-electron chi connectivity index (χ0n) is 14.1. The molecule has 0 spiro atoms. The molecule has 2 heterocycles. The van der Waals surface area contributed by atoms with Gasteiger partial charge in [0.25, 0.3) is 0 Å². The summed E-state index contributed by atoms with van der Waals surface area (Å²) in [5.41, 5.74) is 0.799. The molecule has 1 aromatic rings. The monoisotopic (exact) mass is 334 g/mol. The van der Waals surface area contributed by atoms with Gasteiger partial charge in [-0.3, -0.25) is 4.79 Å². The Labute approximate surface area is 144 Å². The Morgan fingerprint density at radius 3 is 2.57 bits per heavy atom. The van der Waals surface area contributed by atoms with E-state index in [2.05, 4.69) is 24.5 Å². The maximum atomic E-state index is 12.5. The van der Waals surface area contributed by atoms with Crippen molar-refractivity contribution in [3.05, 3.63) is 34.9 Å². The molecule has 3 nitrogen and oxygen atoms in total. The highest BCUT2D eigenvalue weighted by Crippen LogP contribution is 2.32. The van der Waals surface area contributed by atoms with Crippen molar-refractivity contribution in [1.29, 1.82) is 0 Å². The molecule has 2 atom stereocenters. The van der Waals surface area contributed by atoms with E-state index in [1.54, 1.807) is 0 Å². The van der Waals surface area contributed by atoms with Gasteiger partial charge in [0.1, 0.15) is 0 Å². The highest BCUT2D eigenvalue weighted by molar-refractivity contribution is 6.31. The normalized spacial score (nSPS) is 27.0. The standard InChI is InChI=1S/C19H27ClN2O/c1-19(2,12-14-5-3-4-6-17(14)20)22-18(23)11-13-9-15-7-8-16(10-13)21-15/h3-6,13,15-16,21H,7-12H2,1-2H3,(H,22,23). The van der Waals surface area contributed by atoms with Gasteiger partial charge in [0.2, 0.25) is 5.91 Å². The van der Waals surface area contributed by atoms with Crippen molar-refractivity contribution in [2.45, 2.75) is 70.0 Å². The Balaban J connectivity index is 1.53. The van der Waals surface area contributed by atoms with Crippen LogP contribution in [0.2, 0.25) is 5.02 Å². The van der Waals surface area contributed by atoms with Crippen LogP contribution in [0.15, 0.2) is 24.3 Å². The van der Waals surface area contributed by atoms with Crippen molar-refractivity contribution in [1.82, 2.24) is 10.6 Å². The summed E-state index contributed by atoms with van der Waals surface area (Å²) in [6.45, 7) is 4.14. The molecular weight excluding hydrogens is 308 g/mol. The number of hydrogen-bond acceptors (Lipinski definition) is 2. The third kappa shape index (κ3) is 4.48. The molecule has 2 N–H and O–H groups in total. The fraction of sp³-hybridized carbons (Fsp3) is 0.632. The Hall–Kier alpha value is -1.06. The number of piperidine rings is 1. The highest BCUT2D eigenvalue weighted by Gasteiger charge is 2.34. The van der Waals surface area contributed by atoms with E-state index in [1.165, 1.54) is 12.8 Å². The molecule has 0 aromatic heterocycles. The smallest absolute Gasteiger partial charge is 0.220 e. The zero-order chi connectivity index (χ0) is 16.4. The fourth-order valence-electron chi connectivity index (χ4n) is 4.19. The number of rotatable bonds is 5. The van der Waals surface area contributed by atoms with Crippen molar-refractivity contribution in [3.63, 3.8) is 0 Å². The first-order valence-electron chi connectivity index (χ1n) is 8.72. The lowest BCUT2D eigenvalue weighted by Crippen LogP contribution is -2.46. The molecule has 126 valence electrons. The van der Waals surface area contributed by atoms with Crippen LogP contribution in [0.5, 0.6) is 0 Å². The number of halogens is 1. The van der Waals surface area contributed by atoms with Gasteiger partial charge in [-0.25, -0.2) is 0 Å². The third-order valence-electron chi connectivity index (χ3n) is 5.11. The number of carbonyl (C=O) groups is 1. The summed E-state index contributed by atoms with van der Waals surface area (Å²) in [7, 11) is 0. The first kappa shape index (κ1) is 16.8. The van der Waals surface area contributed by atoms with Crippen LogP contribution in [0.3, 0.4) is 0 Å². The number of carbonyl (C=O) groups excluding carboxylic acids is 1. The summed E-state index contributed by atoms with van der Waals surface area (Å²) in [5, 5.41) is 7.61. The van der Waals surface area contributed by atoms with Crippen LogP contribution < -0.4 is 10.6 Å². The van der Waals surface area contributed by atoms with Gasteiger partial charge in [0, 0.05) is 29.1 Å². The third-order valence-corrected chi connectivity index (χ3v) is 5.48. The molecule has 4 heteroatoms. The first-order valence-corrected chi connectivity index (χ1v) is 9.09. The van der Waals surface area contributed by atoms with Crippen LogP contribution in [-0.4, -0.2) is 23.5 Å². The molecule has 2 aliphatic rings.